The minimum Gasteiger partial charge on any atom is -0.368 e. The summed E-state index contributed by atoms with van der Waals surface area (Å²) in [5.74, 6) is 5.04. The summed E-state index contributed by atoms with van der Waals surface area (Å²) in [7, 11) is 0. The van der Waals surface area contributed by atoms with Gasteiger partial charge >= 0.3 is 0 Å². The van der Waals surface area contributed by atoms with Crippen LogP contribution in [-0.2, 0) is 9.53 Å². The first-order valence-corrected chi connectivity index (χ1v) is 5.39. The second-order valence-corrected chi connectivity index (χ2v) is 4.13. The third-order valence-electron chi connectivity index (χ3n) is 2.92. The fraction of sp³-hybridized carbons (Fsp3) is 0.214. The van der Waals surface area contributed by atoms with E-state index < -0.39 is 17.5 Å². The first-order valence-electron chi connectivity index (χ1n) is 5.39. The number of aliphatic hydroxyl groups is 1. The zero-order valence-corrected chi connectivity index (χ0v) is 8.96. The van der Waals surface area contributed by atoms with E-state index >= 15 is 0 Å². The van der Waals surface area contributed by atoms with E-state index in [9.17, 15) is 9.90 Å². The number of carbonyl (C=O) groups excluding carboxylic acids is 1. The SMILES string of the molecule is O=C1C=C[C@@H]2O[C@@H]2[C@@]1(O)C#Cc1ccccc1. The molecule has 0 unspecified atom stereocenters. The molecule has 1 fully saturated rings. The Hall–Kier alpha value is -1.89. The lowest BCUT2D eigenvalue weighted by Gasteiger charge is -2.18. The zero-order valence-electron chi connectivity index (χ0n) is 8.96. The van der Waals surface area contributed by atoms with E-state index in [0.717, 1.165) is 5.56 Å². The maximum Gasteiger partial charge on any atom is 0.218 e. The van der Waals surface area contributed by atoms with Crippen LogP contribution in [0.25, 0.3) is 0 Å². The largest absolute Gasteiger partial charge is 0.368 e. The van der Waals surface area contributed by atoms with E-state index in [1.54, 1.807) is 6.08 Å². The quantitative estimate of drug-likeness (QED) is 0.522. The molecule has 0 aromatic heterocycles. The molecule has 0 amide bonds. The molecule has 1 aliphatic heterocycles. The van der Waals surface area contributed by atoms with Crippen LogP contribution in [0.15, 0.2) is 42.5 Å². The van der Waals surface area contributed by atoms with Gasteiger partial charge in [0.2, 0.25) is 11.4 Å². The van der Waals surface area contributed by atoms with Gasteiger partial charge in [-0.05, 0) is 24.3 Å². The summed E-state index contributed by atoms with van der Waals surface area (Å²) in [5, 5.41) is 10.2. The molecule has 1 aromatic rings. The minimum atomic E-state index is -1.69. The van der Waals surface area contributed by atoms with Gasteiger partial charge in [-0.25, -0.2) is 0 Å². The van der Waals surface area contributed by atoms with Gasteiger partial charge in [0.05, 0.1) is 0 Å². The lowest BCUT2D eigenvalue weighted by Crippen LogP contribution is -2.44. The average molecular weight is 226 g/mol. The summed E-state index contributed by atoms with van der Waals surface area (Å²) in [4.78, 5) is 11.7. The van der Waals surface area contributed by atoms with Gasteiger partial charge in [-0.15, -0.1) is 0 Å². The normalized spacial score (nSPS) is 33.6. The predicted octanol–water partition coefficient (Wildman–Crippen LogP) is 0.675. The number of hydrogen-bond acceptors (Lipinski definition) is 3. The Bertz CT molecular complexity index is 550. The topological polar surface area (TPSA) is 49.8 Å². The molecule has 3 rings (SSSR count). The van der Waals surface area contributed by atoms with E-state index in [1.807, 2.05) is 30.3 Å². The van der Waals surface area contributed by atoms with Gasteiger partial charge in [-0.3, -0.25) is 4.79 Å². The van der Waals surface area contributed by atoms with Crippen molar-refractivity contribution in [3.8, 4) is 11.8 Å². The van der Waals surface area contributed by atoms with Crippen molar-refractivity contribution in [1.29, 1.82) is 0 Å². The molecule has 1 N–H and O–H groups in total. The van der Waals surface area contributed by atoms with Gasteiger partial charge in [0.1, 0.15) is 12.2 Å². The highest BCUT2D eigenvalue weighted by molar-refractivity contribution is 6.02. The molecule has 84 valence electrons. The van der Waals surface area contributed by atoms with E-state index in [-0.39, 0.29) is 6.10 Å². The van der Waals surface area contributed by atoms with Gasteiger partial charge in [-0.2, -0.15) is 0 Å². The molecule has 3 atom stereocenters. The number of fused-ring (bicyclic) bond motifs is 1. The van der Waals surface area contributed by atoms with Crippen molar-refractivity contribution in [2.45, 2.75) is 17.8 Å². The lowest BCUT2D eigenvalue weighted by atomic mass is 9.88. The summed E-state index contributed by atoms with van der Waals surface area (Å²) in [5.41, 5.74) is -0.921. The molecule has 0 bridgehead atoms. The van der Waals surface area contributed by atoms with Crippen LogP contribution in [0.5, 0.6) is 0 Å². The Labute approximate surface area is 98.7 Å². The molecule has 0 radical (unpaired) electrons. The molecule has 3 nitrogen and oxygen atoms in total. The van der Waals surface area contributed by atoms with Gasteiger partial charge in [-0.1, -0.05) is 30.0 Å². The second kappa shape index (κ2) is 3.56. The highest BCUT2D eigenvalue weighted by Crippen LogP contribution is 2.37. The van der Waals surface area contributed by atoms with Crippen molar-refractivity contribution in [2.24, 2.45) is 0 Å². The molecular weight excluding hydrogens is 216 g/mol. The fourth-order valence-electron chi connectivity index (χ4n) is 1.88. The molecule has 3 heteroatoms. The number of ether oxygens (including phenoxy) is 1. The monoisotopic (exact) mass is 226 g/mol. The Morgan fingerprint density at radius 1 is 1.29 bits per heavy atom. The van der Waals surface area contributed by atoms with E-state index in [1.165, 1.54) is 6.08 Å². The van der Waals surface area contributed by atoms with E-state index in [2.05, 4.69) is 11.8 Å². The van der Waals surface area contributed by atoms with Gasteiger partial charge in [0.15, 0.2) is 0 Å². The van der Waals surface area contributed by atoms with Crippen molar-refractivity contribution in [2.75, 3.05) is 0 Å². The molecule has 1 aliphatic carbocycles. The van der Waals surface area contributed by atoms with Crippen LogP contribution in [0.4, 0.5) is 0 Å². The van der Waals surface area contributed by atoms with Crippen LogP contribution < -0.4 is 0 Å². The van der Waals surface area contributed by atoms with Crippen molar-refractivity contribution in [3.63, 3.8) is 0 Å². The van der Waals surface area contributed by atoms with Crippen LogP contribution in [0.1, 0.15) is 5.56 Å². The number of carbonyl (C=O) groups is 1. The fourth-order valence-corrected chi connectivity index (χ4v) is 1.88. The van der Waals surface area contributed by atoms with Crippen molar-refractivity contribution in [3.05, 3.63) is 48.0 Å². The molecule has 1 heterocycles. The van der Waals surface area contributed by atoms with Crippen molar-refractivity contribution < 1.29 is 14.6 Å². The van der Waals surface area contributed by atoms with Crippen molar-refractivity contribution in [1.82, 2.24) is 0 Å². The maximum absolute atomic E-state index is 11.7. The second-order valence-electron chi connectivity index (χ2n) is 4.13. The molecule has 2 aliphatic rings. The predicted molar refractivity (Wildman–Crippen MR) is 61.1 cm³/mol. The number of ketones is 1. The average Bonchev–Trinajstić information content (AvgIpc) is 3.14. The Morgan fingerprint density at radius 2 is 2.06 bits per heavy atom. The first-order chi connectivity index (χ1) is 8.20. The molecule has 17 heavy (non-hydrogen) atoms. The Morgan fingerprint density at radius 3 is 2.82 bits per heavy atom. The zero-order chi connectivity index (χ0) is 11.9. The summed E-state index contributed by atoms with van der Waals surface area (Å²) in [6, 6.07) is 9.24. The van der Waals surface area contributed by atoms with Gasteiger partial charge in [0.25, 0.3) is 0 Å². The Balaban J connectivity index is 1.93. The maximum atomic E-state index is 11.7. The number of hydrogen-bond donors (Lipinski definition) is 1. The minimum absolute atomic E-state index is 0.164. The van der Waals surface area contributed by atoms with Crippen molar-refractivity contribution >= 4 is 5.78 Å². The van der Waals surface area contributed by atoms with Crippen LogP contribution in [-0.4, -0.2) is 28.7 Å². The van der Waals surface area contributed by atoms with E-state index in [0.29, 0.717) is 0 Å². The Kier molecular flexibility index (Phi) is 2.15. The number of benzene rings is 1. The third-order valence-corrected chi connectivity index (χ3v) is 2.92. The van der Waals surface area contributed by atoms with Crippen LogP contribution in [0.3, 0.4) is 0 Å². The molecule has 0 saturated carbocycles. The van der Waals surface area contributed by atoms with Crippen LogP contribution in [0, 0.1) is 11.8 Å². The number of epoxide rings is 1. The smallest absolute Gasteiger partial charge is 0.218 e. The highest BCUT2D eigenvalue weighted by Gasteiger charge is 2.58. The number of rotatable bonds is 0. The summed E-state index contributed by atoms with van der Waals surface area (Å²) < 4.78 is 5.19. The van der Waals surface area contributed by atoms with Crippen LogP contribution in [0.2, 0.25) is 0 Å². The molecule has 1 aromatic carbocycles. The van der Waals surface area contributed by atoms with E-state index in [4.69, 9.17) is 4.74 Å². The molecule has 1 saturated heterocycles. The highest BCUT2D eigenvalue weighted by atomic mass is 16.6. The first kappa shape index (κ1) is 10.3. The van der Waals surface area contributed by atoms with Crippen LogP contribution >= 0.6 is 0 Å². The van der Waals surface area contributed by atoms with Gasteiger partial charge in [0, 0.05) is 5.56 Å². The summed E-state index contributed by atoms with van der Waals surface area (Å²) >= 11 is 0. The summed E-state index contributed by atoms with van der Waals surface area (Å²) in [6.45, 7) is 0. The summed E-state index contributed by atoms with van der Waals surface area (Å²) in [6.07, 6.45) is 2.33. The van der Waals surface area contributed by atoms with Gasteiger partial charge < -0.3 is 9.84 Å². The molecular formula is C14H10O3. The lowest BCUT2D eigenvalue weighted by molar-refractivity contribution is -0.128. The molecule has 0 spiro atoms. The standard InChI is InChI=1S/C14H10O3/c15-12-7-6-11-13(17-11)14(12,16)9-8-10-4-2-1-3-5-10/h1-7,11,13,16H/t11-,13-,14+/m0/s1. The third kappa shape index (κ3) is 1.68.